The van der Waals surface area contributed by atoms with Gasteiger partial charge >= 0.3 is 6.18 Å². The summed E-state index contributed by atoms with van der Waals surface area (Å²) >= 11 is 5.78. The van der Waals surface area contributed by atoms with Crippen LogP contribution in [-0.4, -0.2) is 17.1 Å². The highest BCUT2D eigenvalue weighted by molar-refractivity contribution is 6.30. The van der Waals surface area contributed by atoms with Gasteiger partial charge in [0.05, 0.1) is 10.6 Å². The van der Waals surface area contributed by atoms with Crippen LogP contribution in [0.25, 0.3) is 11.1 Å². The number of halogens is 5. The molecule has 1 heterocycles. The Bertz CT molecular complexity index is 807. The highest BCUT2D eigenvalue weighted by atomic mass is 35.5. The normalized spacial score (nSPS) is 14.3. The zero-order valence-electron chi connectivity index (χ0n) is 15.2. The largest absolute Gasteiger partial charge is 0.491 e. The lowest BCUT2D eigenvalue weighted by Crippen LogP contribution is -2.43. The van der Waals surface area contributed by atoms with Crippen molar-refractivity contribution < 1.29 is 22.3 Å². The number of hydrogen-bond donors (Lipinski definition) is 1. The third kappa shape index (κ3) is 5.81. The van der Waals surface area contributed by atoms with Crippen molar-refractivity contribution >= 4 is 11.6 Å². The number of benzene rings is 1. The molecular weight excluding hydrogens is 384 g/mol. The summed E-state index contributed by atoms with van der Waals surface area (Å²) in [5, 5.41) is 0.118. The molecule has 2 rings (SSSR count). The van der Waals surface area contributed by atoms with Crippen molar-refractivity contribution in [3.05, 3.63) is 47.0 Å². The second kappa shape index (κ2) is 8.02. The van der Waals surface area contributed by atoms with E-state index in [1.54, 1.807) is 6.92 Å². The van der Waals surface area contributed by atoms with Crippen molar-refractivity contribution in [3.8, 4) is 16.9 Å². The predicted octanol–water partition coefficient (Wildman–Crippen LogP) is 5.70. The second-order valence-corrected chi connectivity index (χ2v) is 7.68. The van der Waals surface area contributed by atoms with E-state index in [2.05, 4.69) is 4.98 Å². The summed E-state index contributed by atoms with van der Waals surface area (Å²) in [7, 11) is 0. The smallest absolute Gasteiger partial charge is 0.419 e. The van der Waals surface area contributed by atoms with Gasteiger partial charge in [-0.05, 0) is 43.0 Å². The topological polar surface area (TPSA) is 48.1 Å². The number of rotatable bonds is 6. The van der Waals surface area contributed by atoms with E-state index >= 15 is 0 Å². The highest BCUT2D eigenvalue weighted by Gasteiger charge is 2.35. The van der Waals surface area contributed by atoms with Crippen molar-refractivity contribution in [2.75, 3.05) is 6.61 Å². The first-order valence-electron chi connectivity index (χ1n) is 8.33. The average Bonchev–Trinajstić information content (AvgIpc) is 2.53. The van der Waals surface area contributed by atoms with Crippen LogP contribution in [0.15, 0.2) is 30.5 Å². The molecule has 0 radical (unpaired) electrons. The molecule has 1 aromatic heterocycles. The lowest BCUT2D eigenvalue weighted by molar-refractivity contribution is -0.139. The molecule has 0 spiro atoms. The van der Waals surface area contributed by atoms with Gasteiger partial charge in [-0.15, -0.1) is 0 Å². The summed E-state index contributed by atoms with van der Waals surface area (Å²) in [5.74, 6) is -0.999. The monoisotopic (exact) mass is 404 g/mol. The van der Waals surface area contributed by atoms with E-state index in [0.29, 0.717) is 6.42 Å². The minimum atomic E-state index is -4.68. The molecule has 1 aromatic carbocycles. The molecule has 0 amide bonds. The molecule has 2 aromatic rings. The van der Waals surface area contributed by atoms with Gasteiger partial charge < -0.3 is 10.5 Å². The number of alkyl halides is 3. The molecule has 0 saturated carbocycles. The maximum Gasteiger partial charge on any atom is 0.419 e. The van der Waals surface area contributed by atoms with Gasteiger partial charge in [0.1, 0.15) is 12.4 Å². The summed E-state index contributed by atoms with van der Waals surface area (Å²) in [6, 6.07) is 4.53. The summed E-state index contributed by atoms with van der Waals surface area (Å²) in [6.45, 7) is 5.57. The van der Waals surface area contributed by atoms with E-state index in [9.17, 15) is 17.6 Å². The average molecular weight is 405 g/mol. The van der Waals surface area contributed by atoms with Crippen LogP contribution in [0.3, 0.4) is 0 Å². The molecule has 0 unspecified atom stereocenters. The third-order valence-corrected chi connectivity index (χ3v) is 4.04. The van der Waals surface area contributed by atoms with Gasteiger partial charge in [-0.25, -0.2) is 4.98 Å². The summed E-state index contributed by atoms with van der Waals surface area (Å²) in [4.78, 5) is 3.44. The molecule has 1 atom stereocenters. The maximum atomic E-state index is 13.9. The number of ether oxygens (including phenoxy) is 1. The molecule has 0 bridgehead atoms. The number of nitrogens with zero attached hydrogens (tertiary/aromatic N) is 1. The van der Waals surface area contributed by atoms with Gasteiger partial charge in [-0.2, -0.15) is 17.6 Å². The van der Waals surface area contributed by atoms with E-state index in [4.69, 9.17) is 22.1 Å². The van der Waals surface area contributed by atoms with E-state index in [1.165, 1.54) is 12.1 Å². The first kappa shape index (κ1) is 21.4. The zero-order valence-corrected chi connectivity index (χ0v) is 16.0. The molecular formula is C19H21ClF4N2O. The van der Waals surface area contributed by atoms with Crippen LogP contribution in [0, 0.1) is 11.9 Å². The van der Waals surface area contributed by atoms with Crippen molar-refractivity contribution in [1.82, 2.24) is 4.98 Å². The molecule has 3 nitrogen and oxygen atoms in total. The third-order valence-electron chi connectivity index (χ3n) is 3.83. The van der Waals surface area contributed by atoms with Gasteiger partial charge in [-0.1, -0.05) is 31.5 Å². The molecule has 0 aliphatic heterocycles. The van der Waals surface area contributed by atoms with Crippen LogP contribution in [0.2, 0.25) is 5.02 Å². The van der Waals surface area contributed by atoms with Crippen LogP contribution in [0.4, 0.5) is 17.6 Å². The fraction of sp³-hybridized carbons (Fsp3) is 0.421. The second-order valence-electron chi connectivity index (χ2n) is 7.24. The van der Waals surface area contributed by atoms with Crippen LogP contribution in [-0.2, 0) is 6.18 Å². The van der Waals surface area contributed by atoms with Crippen LogP contribution in [0.5, 0.6) is 5.75 Å². The molecule has 148 valence electrons. The van der Waals surface area contributed by atoms with Crippen LogP contribution >= 0.6 is 11.6 Å². The Balaban J connectivity index is 2.38. The molecule has 8 heteroatoms. The highest BCUT2D eigenvalue weighted by Crippen LogP contribution is 2.39. The summed E-state index contributed by atoms with van der Waals surface area (Å²) < 4.78 is 59.8. The Morgan fingerprint density at radius 1 is 1.22 bits per heavy atom. The number of pyridine rings is 1. The van der Waals surface area contributed by atoms with Gasteiger partial charge in [0, 0.05) is 17.3 Å². The van der Waals surface area contributed by atoms with Crippen molar-refractivity contribution in [2.45, 2.75) is 38.9 Å². The van der Waals surface area contributed by atoms with Crippen LogP contribution in [0.1, 0.15) is 32.8 Å². The van der Waals surface area contributed by atoms with E-state index in [-0.39, 0.29) is 34.4 Å². The molecule has 0 saturated heterocycles. The Hall–Kier alpha value is -1.86. The van der Waals surface area contributed by atoms with Crippen molar-refractivity contribution in [1.29, 1.82) is 0 Å². The molecule has 0 aliphatic rings. The SMILES string of the molecule is CC(C)C[C@](C)(N)COc1ccc(-c2cc(Cl)cnc2F)cc1C(F)(F)F. The minimum absolute atomic E-state index is 0.000124. The van der Waals surface area contributed by atoms with E-state index in [1.807, 2.05) is 13.8 Å². The van der Waals surface area contributed by atoms with Gasteiger partial charge in [0.15, 0.2) is 0 Å². The number of hydrogen-bond acceptors (Lipinski definition) is 3. The molecule has 0 aliphatic carbocycles. The first-order chi connectivity index (χ1) is 12.4. The molecule has 2 N–H and O–H groups in total. The zero-order chi connectivity index (χ0) is 20.4. The van der Waals surface area contributed by atoms with Gasteiger partial charge in [-0.3, -0.25) is 0 Å². The summed E-state index contributed by atoms with van der Waals surface area (Å²) in [5.41, 5.74) is 4.19. The van der Waals surface area contributed by atoms with E-state index < -0.39 is 23.2 Å². The fourth-order valence-electron chi connectivity index (χ4n) is 2.90. The lowest BCUT2D eigenvalue weighted by atomic mass is 9.93. The Morgan fingerprint density at radius 2 is 1.89 bits per heavy atom. The Kier molecular flexibility index (Phi) is 6.37. The van der Waals surface area contributed by atoms with Crippen LogP contribution < -0.4 is 10.5 Å². The summed E-state index contributed by atoms with van der Waals surface area (Å²) in [6.07, 6.45) is -3.01. The van der Waals surface area contributed by atoms with Crippen molar-refractivity contribution in [2.24, 2.45) is 11.7 Å². The van der Waals surface area contributed by atoms with E-state index in [0.717, 1.165) is 18.3 Å². The maximum absolute atomic E-state index is 13.9. The predicted molar refractivity (Wildman–Crippen MR) is 97.2 cm³/mol. The first-order valence-corrected chi connectivity index (χ1v) is 8.71. The van der Waals surface area contributed by atoms with Crippen molar-refractivity contribution in [3.63, 3.8) is 0 Å². The van der Waals surface area contributed by atoms with Gasteiger partial charge in [0.25, 0.3) is 0 Å². The number of aromatic nitrogens is 1. The Morgan fingerprint density at radius 3 is 2.48 bits per heavy atom. The lowest BCUT2D eigenvalue weighted by Gasteiger charge is -2.27. The quantitative estimate of drug-likeness (QED) is 0.496. The number of nitrogens with two attached hydrogens (primary N) is 1. The molecule has 0 fully saturated rings. The molecule has 27 heavy (non-hydrogen) atoms. The standard InChI is InChI=1S/C19H21ClF4N2O/c1-11(2)8-18(3,25)10-27-16-5-4-12(6-15(16)19(22,23)24)14-7-13(20)9-26-17(14)21/h4-7,9,11H,8,10,25H2,1-3H3/t18-/m0/s1. The Labute approximate surface area is 160 Å². The fourth-order valence-corrected chi connectivity index (χ4v) is 3.06. The van der Waals surface area contributed by atoms with Gasteiger partial charge in [0.2, 0.25) is 5.95 Å². The minimum Gasteiger partial charge on any atom is -0.491 e.